The van der Waals surface area contributed by atoms with Gasteiger partial charge in [-0.25, -0.2) is 9.18 Å². The van der Waals surface area contributed by atoms with Crippen LogP contribution in [0.4, 0.5) is 4.39 Å². The largest absolute Gasteiger partial charge is 0.481 e. The topological polar surface area (TPSA) is 130 Å². The van der Waals surface area contributed by atoms with Crippen LogP contribution in [-0.4, -0.2) is 46.3 Å². The number of carbonyl (C=O) groups excluding carboxylic acids is 1. The SMILES string of the molecule is Cl.NCC(=O)N[C@]1(C(=O)O)[C@H]2[C@@H](C[C@@H]1F)[C@@H]2C(=O)O. The number of fused-ring (bicyclic) bond motifs is 1. The number of rotatable bonds is 4. The van der Waals surface area contributed by atoms with Crippen molar-refractivity contribution in [2.45, 2.75) is 18.1 Å². The quantitative estimate of drug-likeness (QED) is 0.526. The molecule has 7 nitrogen and oxygen atoms in total. The van der Waals surface area contributed by atoms with Gasteiger partial charge in [-0.2, -0.15) is 0 Å². The number of nitrogens with two attached hydrogens (primary N) is 1. The highest BCUT2D eigenvalue weighted by Crippen LogP contribution is 2.63. The predicted molar refractivity (Wildman–Crippen MR) is 62.4 cm³/mol. The van der Waals surface area contributed by atoms with Crippen LogP contribution in [0.1, 0.15) is 6.42 Å². The Hall–Kier alpha value is -1.41. The van der Waals surface area contributed by atoms with Crippen LogP contribution < -0.4 is 11.1 Å². The number of carboxylic acid groups (broad SMARTS) is 2. The van der Waals surface area contributed by atoms with Gasteiger partial charge in [0.2, 0.25) is 5.91 Å². The molecule has 0 bridgehead atoms. The maximum absolute atomic E-state index is 13.9. The van der Waals surface area contributed by atoms with Crippen molar-refractivity contribution >= 4 is 30.3 Å². The molecule has 2 rings (SSSR count). The van der Waals surface area contributed by atoms with Crippen molar-refractivity contribution < 1.29 is 29.0 Å². The number of aliphatic carboxylic acids is 2. The van der Waals surface area contributed by atoms with Crippen molar-refractivity contribution in [2.24, 2.45) is 23.5 Å². The monoisotopic (exact) mass is 296 g/mol. The second kappa shape index (κ2) is 4.93. The summed E-state index contributed by atoms with van der Waals surface area (Å²) in [6.07, 6.45) is -1.96. The molecule has 5 N–H and O–H groups in total. The lowest BCUT2D eigenvalue weighted by molar-refractivity contribution is -0.152. The molecule has 0 aliphatic heterocycles. The summed E-state index contributed by atoms with van der Waals surface area (Å²) in [6, 6.07) is 0. The van der Waals surface area contributed by atoms with Crippen molar-refractivity contribution in [1.29, 1.82) is 0 Å². The van der Waals surface area contributed by atoms with E-state index in [0.29, 0.717) is 0 Å². The molecular weight excluding hydrogens is 283 g/mol. The fraction of sp³-hybridized carbons (Fsp3) is 0.700. The van der Waals surface area contributed by atoms with Crippen LogP contribution in [-0.2, 0) is 14.4 Å². The van der Waals surface area contributed by atoms with Gasteiger partial charge >= 0.3 is 11.9 Å². The van der Waals surface area contributed by atoms with Gasteiger partial charge in [0.15, 0.2) is 5.54 Å². The average Bonchev–Trinajstić information content (AvgIpc) is 2.92. The van der Waals surface area contributed by atoms with E-state index in [2.05, 4.69) is 5.32 Å². The molecule has 2 aliphatic rings. The number of hydrogen-bond acceptors (Lipinski definition) is 4. The van der Waals surface area contributed by atoms with Gasteiger partial charge in [-0.1, -0.05) is 0 Å². The average molecular weight is 297 g/mol. The molecule has 19 heavy (non-hydrogen) atoms. The van der Waals surface area contributed by atoms with Gasteiger partial charge in [-0.05, 0) is 12.3 Å². The maximum atomic E-state index is 13.9. The van der Waals surface area contributed by atoms with Crippen molar-refractivity contribution in [3.05, 3.63) is 0 Å². The molecule has 108 valence electrons. The van der Waals surface area contributed by atoms with Crippen LogP contribution >= 0.6 is 12.4 Å². The maximum Gasteiger partial charge on any atom is 0.332 e. The molecule has 5 atom stereocenters. The molecule has 0 aromatic carbocycles. The Morgan fingerprint density at radius 1 is 1.37 bits per heavy atom. The molecule has 2 saturated carbocycles. The highest BCUT2D eigenvalue weighted by molar-refractivity contribution is 5.92. The number of halogens is 2. The molecule has 2 aliphatic carbocycles. The molecule has 0 aromatic rings. The van der Waals surface area contributed by atoms with Gasteiger partial charge in [0.1, 0.15) is 6.17 Å². The summed E-state index contributed by atoms with van der Waals surface area (Å²) in [5, 5.41) is 20.2. The molecule has 0 radical (unpaired) electrons. The van der Waals surface area contributed by atoms with E-state index in [1.54, 1.807) is 0 Å². The zero-order valence-electron chi connectivity index (χ0n) is 9.71. The lowest BCUT2D eigenvalue weighted by atomic mass is 9.88. The van der Waals surface area contributed by atoms with E-state index in [9.17, 15) is 23.9 Å². The summed E-state index contributed by atoms with van der Waals surface area (Å²) in [5.74, 6) is -5.87. The molecule has 0 heterocycles. The first-order valence-corrected chi connectivity index (χ1v) is 5.47. The lowest BCUT2D eigenvalue weighted by Gasteiger charge is -2.30. The van der Waals surface area contributed by atoms with Crippen molar-refractivity contribution in [3.63, 3.8) is 0 Å². The zero-order valence-corrected chi connectivity index (χ0v) is 10.5. The van der Waals surface area contributed by atoms with E-state index in [1.165, 1.54) is 0 Å². The van der Waals surface area contributed by atoms with E-state index in [4.69, 9.17) is 10.8 Å². The van der Waals surface area contributed by atoms with E-state index >= 15 is 0 Å². The third kappa shape index (κ3) is 2.04. The Kier molecular flexibility index (Phi) is 4.06. The fourth-order valence-electron chi connectivity index (χ4n) is 3.03. The van der Waals surface area contributed by atoms with E-state index in [0.717, 1.165) is 0 Å². The Morgan fingerprint density at radius 2 is 1.95 bits per heavy atom. The molecule has 1 amide bonds. The summed E-state index contributed by atoms with van der Waals surface area (Å²) < 4.78 is 13.9. The normalized spacial score (nSPS) is 38.8. The van der Waals surface area contributed by atoms with Crippen LogP contribution in [0.5, 0.6) is 0 Å². The van der Waals surface area contributed by atoms with Crippen molar-refractivity contribution in [1.82, 2.24) is 5.32 Å². The highest BCUT2D eigenvalue weighted by Gasteiger charge is 2.76. The van der Waals surface area contributed by atoms with Crippen LogP contribution in [0.3, 0.4) is 0 Å². The van der Waals surface area contributed by atoms with Gasteiger partial charge in [0.25, 0.3) is 0 Å². The number of hydrogen-bond donors (Lipinski definition) is 4. The summed E-state index contributed by atoms with van der Waals surface area (Å²) in [7, 11) is 0. The van der Waals surface area contributed by atoms with E-state index < -0.39 is 53.9 Å². The van der Waals surface area contributed by atoms with Crippen LogP contribution in [0.25, 0.3) is 0 Å². The number of nitrogens with one attached hydrogen (secondary N) is 1. The third-order valence-corrected chi connectivity index (χ3v) is 3.84. The summed E-state index contributed by atoms with van der Waals surface area (Å²) in [4.78, 5) is 33.4. The first kappa shape index (κ1) is 15.6. The second-order valence-electron chi connectivity index (χ2n) is 4.68. The van der Waals surface area contributed by atoms with Gasteiger partial charge in [0.05, 0.1) is 12.5 Å². The van der Waals surface area contributed by atoms with Gasteiger partial charge in [-0.15, -0.1) is 12.4 Å². The Labute approximate surface area is 113 Å². The number of alkyl halides is 1. The number of carbonyl (C=O) groups is 3. The van der Waals surface area contributed by atoms with Gasteiger partial charge in [0, 0.05) is 5.92 Å². The van der Waals surface area contributed by atoms with E-state index in [1.807, 2.05) is 0 Å². The lowest BCUT2D eigenvalue weighted by Crippen LogP contribution is -2.62. The molecule has 0 unspecified atom stereocenters. The fourth-order valence-corrected chi connectivity index (χ4v) is 3.03. The summed E-state index contributed by atoms with van der Waals surface area (Å²) in [6.45, 7) is -0.475. The first-order valence-electron chi connectivity index (χ1n) is 5.47. The number of amides is 1. The predicted octanol–water partition coefficient (Wildman–Crippen LogP) is -1.00. The minimum Gasteiger partial charge on any atom is -0.481 e. The second-order valence-corrected chi connectivity index (χ2v) is 4.68. The first-order chi connectivity index (χ1) is 8.36. The standard InChI is InChI=1S/C10H13FN2O5.ClH/c11-4-1-3-6(8(15)16)7(3)10(4,9(17)18)13-5(14)2-12;/h3-4,6-7H,1-2,12H2,(H,13,14)(H,15,16)(H,17,18);1H/t3-,4-,6-,7-,10-;/m0./s1. The van der Waals surface area contributed by atoms with Gasteiger partial charge < -0.3 is 21.3 Å². The molecule has 9 heteroatoms. The molecular formula is C10H14ClFN2O5. The Balaban J connectivity index is 0.00000180. The van der Waals surface area contributed by atoms with Gasteiger partial charge in [-0.3, -0.25) is 9.59 Å². The third-order valence-electron chi connectivity index (χ3n) is 3.84. The van der Waals surface area contributed by atoms with Crippen LogP contribution in [0.2, 0.25) is 0 Å². The molecule has 0 aromatic heterocycles. The van der Waals surface area contributed by atoms with Crippen LogP contribution in [0, 0.1) is 17.8 Å². The van der Waals surface area contributed by atoms with E-state index in [-0.39, 0.29) is 18.8 Å². The molecule has 2 fully saturated rings. The minimum absolute atomic E-state index is 0. The highest BCUT2D eigenvalue weighted by atomic mass is 35.5. The summed E-state index contributed by atoms with van der Waals surface area (Å²) in [5.41, 5.74) is 2.92. The van der Waals surface area contributed by atoms with Crippen molar-refractivity contribution in [3.8, 4) is 0 Å². The Bertz CT molecular complexity index is 434. The molecule has 0 saturated heterocycles. The summed E-state index contributed by atoms with van der Waals surface area (Å²) >= 11 is 0. The minimum atomic E-state index is -2.15. The molecule has 0 spiro atoms. The van der Waals surface area contributed by atoms with Crippen molar-refractivity contribution in [2.75, 3.05) is 6.54 Å². The zero-order chi connectivity index (χ0) is 13.7. The number of carboxylic acids is 2. The smallest absolute Gasteiger partial charge is 0.332 e. The van der Waals surface area contributed by atoms with Crippen LogP contribution in [0.15, 0.2) is 0 Å². The Morgan fingerprint density at radius 3 is 2.37 bits per heavy atom.